The van der Waals surface area contributed by atoms with Crippen molar-refractivity contribution in [1.82, 2.24) is 4.31 Å². The molecule has 0 radical (unpaired) electrons. The van der Waals surface area contributed by atoms with Crippen molar-refractivity contribution in [3.8, 4) is 0 Å². The molecule has 1 aliphatic rings. The van der Waals surface area contributed by atoms with Crippen molar-refractivity contribution in [3.05, 3.63) is 58.6 Å². The molecule has 160 valence electrons. The SMILES string of the molecule is CCN(CC)S(=O)(=O)c1cc(C(=O)N2c3ccccc3CC2C(=O)OC)ccc1Cl. The van der Waals surface area contributed by atoms with Crippen LogP contribution in [0.15, 0.2) is 47.4 Å². The van der Waals surface area contributed by atoms with Crippen LogP contribution in [0.25, 0.3) is 0 Å². The number of methoxy groups -OCH3 is 1. The number of esters is 1. The smallest absolute Gasteiger partial charge is 0.329 e. The zero-order chi connectivity index (χ0) is 22.1. The van der Waals surface area contributed by atoms with Gasteiger partial charge in [0.25, 0.3) is 5.91 Å². The van der Waals surface area contributed by atoms with Gasteiger partial charge in [0.15, 0.2) is 0 Å². The van der Waals surface area contributed by atoms with E-state index in [0.717, 1.165) is 5.56 Å². The quantitative estimate of drug-likeness (QED) is 0.631. The van der Waals surface area contributed by atoms with Crippen LogP contribution in [0.1, 0.15) is 29.8 Å². The molecule has 0 N–H and O–H groups in total. The first-order valence-electron chi connectivity index (χ1n) is 9.55. The highest BCUT2D eigenvalue weighted by Gasteiger charge is 2.39. The van der Waals surface area contributed by atoms with Gasteiger partial charge in [0, 0.05) is 30.8 Å². The van der Waals surface area contributed by atoms with Crippen LogP contribution in [-0.2, 0) is 26.0 Å². The number of hydrogen-bond acceptors (Lipinski definition) is 5. The van der Waals surface area contributed by atoms with E-state index in [-0.39, 0.29) is 28.6 Å². The Morgan fingerprint density at radius 2 is 1.83 bits per heavy atom. The van der Waals surface area contributed by atoms with E-state index in [1.165, 1.54) is 34.5 Å². The molecule has 0 saturated carbocycles. The first-order valence-corrected chi connectivity index (χ1v) is 11.4. The molecular weight excluding hydrogens is 428 g/mol. The average molecular weight is 451 g/mol. The molecule has 1 heterocycles. The fourth-order valence-electron chi connectivity index (χ4n) is 3.64. The van der Waals surface area contributed by atoms with Crippen molar-refractivity contribution >= 4 is 39.2 Å². The molecule has 2 aromatic rings. The molecule has 0 spiro atoms. The van der Waals surface area contributed by atoms with Gasteiger partial charge in [-0.3, -0.25) is 9.69 Å². The number of fused-ring (bicyclic) bond motifs is 1. The summed E-state index contributed by atoms with van der Waals surface area (Å²) in [5.74, 6) is -1.03. The highest BCUT2D eigenvalue weighted by Crippen LogP contribution is 2.35. The number of halogens is 1. The number of carbonyl (C=O) groups is 2. The number of carbonyl (C=O) groups excluding carboxylic acids is 2. The Bertz CT molecular complexity index is 1080. The second-order valence-corrected chi connectivity index (χ2v) is 9.10. The Morgan fingerprint density at radius 1 is 1.17 bits per heavy atom. The molecule has 1 aliphatic heterocycles. The summed E-state index contributed by atoms with van der Waals surface area (Å²) in [6.07, 6.45) is 0.326. The third-order valence-corrected chi connectivity index (χ3v) is 7.70. The van der Waals surface area contributed by atoms with Gasteiger partial charge < -0.3 is 4.74 Å². The Morgan fingerprint density at radius 3 is 2.47 bits per heavy atom. The summed E-state index contributed by atoms with van der Waals surface area (Å²) in [7, 11) is -2.60. The predicted octanol–water partition coefficient (Wildman–Crippen LogP) is 3.12. The van der Waals surface area contributed by atoms with Crippen LogP contribution in [0.2, 0.25) is 5.02 Å². The summed E-state index contributed by atoms with van der Waals surface area (Å²) in [5, 5.41) is 0.0322. The average Bonchev–Trinajstić information content (AvgIpc) is 3.13. The lowest BCUT2D eigenvalue weighted by atomic mass is 10.1. The van der Waals surface area contributed by atoms with Gasteiger partial charge in [0.2, 0.25) is 10.0 Å². The topological polar surface area (TPSA) is 84.0 Å². The summed E-state index contributed by atoms with van der Waals surface area (Å²) in [4.78, 5) is 27.0. The Kier molecular flexibility index (Phi) is 6.50. The van der Waals surface area contributed by atoms with E-state index in [4.69, 9.17) is 16.3 Å². The number of para-hydroxylation sites is 1. The van der Waals surface area contributed by atoms with Gasteiger partial charge in [0.1, 0.15) is 10.9 Å². The Balaban J connectivity index is 2.08. The summed E-state index contributed by atoms with van der Waals surface area (Å²) in [6, 6.07) is 10.5. The molecule has 7 nitrogen and oxygen atoms in total. The molecule has 0 aliphatic carbocycles. The predicted molar refractivity (Wildman–Crippen MR) is 114 cm³/mol. The number of benzene rings is 2. The van der Waals surface area contributed by atoms with Crippen LogP contribution in [0.5, 0.6) is 0 Å². The molecule has 1 amide bonds. The third kappa shape index (κ3) is 3.82. The van der Waals surface area contributed by atoms with E-state index < -0.39 is 27.9 Å². The summed E-state index contributed by atoms with van der Waals surface area (Å²) in [6.45, 7) is 4.01. The molecule has 3 rings (SSSR count). The van der Waals surface area contributed by atoms with E-state index in [9.17, 15) is 18.0 Å². The van der Waals surface area contributed by atoms with Gasteiger partial charge in [-0.25, -0.2) is 13.2 Å². The highest BCUT2D eigenvalue weighted by atomic mass is 35.5. The lowest BCUT2D eigenvalue weighted by Crippen LogP contribution is -2.43. The number of hydrogen-bond donors (Lipinski definition) is 0. The Hall–Kier alpha value is -2.42. The van der Waals surface area contributed by atoms with Gasteiger partial charge in [-0.15, -0.1) is 0 Å². The third-order valence-electron chi connectivity index (χ3n) is 5.17. The van der Waals surface area contributed by atoms with Crippen LogP contribution in [0.3, 0.4) is 0 Å². The molecule has 0 saturated heterocycles. The van der Waals surface area contributed by atoms with E-state index >= 15 is 0 Å². The van der Waals surface area contributed by atoms with Crippen molar-refractivity contribution < 1.29 is 22.7 Å². The first kappa shape index (κ1) is 22.3. The van der Waals surface area contributed by atoms with Crippen molar-refractivity contribution in [3.63, 3.8) is 0 Å². The zero-order valence-electron chi connectivity index (χ0n) is 17.0. The number of ether oxygens (including phenoxy) is 1. The van der Waals surface area contributed by atoms with Gasteiger partial charge >= 0.3 is 5.97 Å². The van der Waals surface area contributed by atoms with Crippen LogP contribution in [0, 0.1) is 0 Å². The standard InChI is InChI=1S/C21H23ClN2O5S/c1-4-23(5-2)30(27,28)19-13-15(10-11-16(19)22)20(25)24-17-9-7-6-8-14(17)12-18(24)21(26)29-3/h6-11,13,18H,4-5,12H2,1-3H3. The number of amides is 1. The monoisotopic (exact) mass is 450 g/mol. The first-order chi connectivity index (χ1) is 14.3. The molecule has 2 aromatic carbocycles. The molecule has 9 heteroatoms. The largest absolute Gasteiger partial charge is 0.467 e. The summed E-state index contributed by atoms with van der Waals surface area (Å²) < 4.78 is 32.1. The van der Waals surface area contributed by atoms with Crippen molar-refractivity contribution in [2.24, 2.45) is 0 Å². The van der Waals surface area contributed by atoms with Crippen LogP contribution < -0.4 is 4.90 Å². The van der Waals surface area contributed by atoms with Crippen LogP contribution >= 0.6 is 11.6 Å². The maximum absolute atomic E-state index is 13.4. The summed E-state index contributed by atoms with van der Waals surface area (Å²) in [5.41, 5.74) is 1.56. The Labute approximate surface area is 181 Å². The molecule has 1 atom stereocenters. The van der Waals surface area contributed by atoms with E-state index in [1.807, 2.05) is 12.1 Å². The van der Waals surface area contributed by atoms with Crippen molar-refractivity contribution in [2.45, 2.75) is 31.2 Å². The highest BCUT2D eigenvalue weighted by molar-refractivity contribution is 7.89. The maximum atomic E-state index is 13.4. The number of anilines is 1. The number of sulfonamides is 1. The van der Waals surface area contributed by atoms with Gasteiger partial charge in [-0.2, -0.15) is 4.31 Å². The van der Waals surface area contributed by atoms with Crippen molar-refractivity contribution in [2.75, 3.05) is 25.1 Å². The molecule has 30 heavy (non-hydrogen) atoms. The van der Waals surface area contributed by atoms with Gasteiger partial charge in [0.05, 0.1) is 12.1 Å². The molecule has 0 aromatic heterocycles. The molecular formula is C21H23ClN2O5S. The van der Waals surface area contributed by atoms with Crippen LogP contribution in [0.4, 0.5) is 5.69 Å². The van der Waals surface area contributed by atoms with Gasteiger partial charge in [-0.1, -0.05) is 43.6 Å². The lowest BCUT2D eigenvalue weighted by Gasteiger charge is -2.24. The fourth-order valence-corrected chi connectivity index (χ4v) is 5.60. The van der Waals surface area contributed by atoms with E-state index in [0.29, 0.717) is 12.1 Å². The fraction of sp³-hybridized carbons (Fsp3) is 0.333. The second-order valence-electron chi connectivity index (χ2n) is 6.78. The molecule has 1 unspecified atom stereocenters. The van der Waals surface area contributed by atoms with Crippen molar-refractivity contribution in [1.29, 1.82) is 0 Å². The summed E-state index contributed by atoms with van der Waals surface area (Å²) >= 11 is 6.18. The maximum Gasteiger partial charge on any atom is 0.329 e. The molecule has 0 fully saturated rings. The second kappa shape index (κ2) is 8.75. The zero-order valence-corrected chi connectivity index (χ0v) is 18.5. The number of rotatable bonds is 6. The minimum absolute atomic E-state index is 0.0322. The van der Waals surface area contributed by atoms with Gasteiger partial charge in [-0.05, 0) is 29.8 Å². The minimum Gasteiger partial charge on any atom is -0.467 e. The lowest BCUT2D eigenvalue weighted by molar-refractivity contribution is -0.141. The molecule has 0 bridgehead atoms. The van der Waals surface area contributed by atoms with E-state index in [1.54, 1.807) is 26.0 Å². The van der Waals surface area contributed by atoms with E-state index in [2.05, 4.69) is 0 Å². The number of nitrogens with zero attached hydrogens (tertiary/aromatic N) is 2. The normalized spacial score (nSPS) is 15.9. The van der Waals surface area contributed by atoms with Crippen LogP contribution in [-0.4, -0.2) is 50.8 Å². The minimum atomic E-state index is -3.87.